The van der Waals surface area contributed by atoms with E-state index in [4.69, 9.17) is 22.7 Å². The van der Waals surface area contributed by atoms with Crippen LogP contribution in [0, 0.1) is 5.92 Å². The van der Waals surface area contributed by atoms with Gasteiger partial charge in [0.25, 0.3) is 5.91 Å². The number of fused-ring (bicyclic) bond motifs is 1. The van der Waals surface area contributed by atoms with Gasteiger partial charge in [0.15, 0.2) is 0 Å². The third kappa shape index (κ3) is 5.02. The minimum absolute atomic E-state index is 0.0756. The summed E-state index contributed by atoms with van der Waals surface area (Å²) in [7, 11) is 0. The van der Waals surface area contributed by atoms with Gasteiger partial charge in [-0.1, -0.05) is 43.4 Å². The van der Waals surface area contributed by atoms with E-state index in [1.54, 1.807) is 11.8 Å². The van der Waals surface area contributed by atoms with Crippen LogP contribution < -0.4 is 10.5 Å². The lowest BCUT2D eigenvalue weighted by Gasteiger charge is -2.27. The van der Waals surface area contributed by atoms with Crippen molar-refractivity contribution >= 4 is 34.9 Å². The number of nitrogens with zero attached hydrogens (tertiary/aromatic N) is 1. The molecule has 3 rings (SSSR count). The molecule has 1 aliphatic rings. The zero-order valence-corrected chi connectivity index (χ0v) is 17.0. The zero-order chi connectivity index (χ0) is 19.2. The highest BCUT2D eigenvalue weighted by atomic mass is 32.2. The third-order valence-electron chi connectivity index (χ3n) is 4.71. The van der Waals surface area contributed by atoms with Crippen molar-refractivity contribution in [2.75, 3.05) is 19.0 Å². The predicted octanol–water partition coefficient (Wildman–Crippen LogP) is 4.13. The van der Waals surface area contributed by atoms with Crippen molar-refractivity contribution in [3.8, 4) is 5.75 Å². The second kappa shape index (κ2) is 9.24. The largest absolute Gasteiger partial charge is 0.492 e. The first-order valence-corrected chi connectivity index (χ1v) is 10.5. The van der Waals surface area contributed by atoms with Crippen molar-refractivity contribution in [3.63, 3.8) is 0 Å². The summed E-state index contributed by atoms with van der Waals surface area (Å²) in [6.07, 6.45) is 1.80. The van der Waals surface area contributed by atoms with Gasteiger partial charge < -0.3 is 15.4 Å². The van der Waals surface area contributed by atoms with Gasteiger partial charge in [-0.05, 0) is 42.7 Å². The molecule has 1 amide bonds. The zero-order valence-electron chi connectivity index (χ0n) is 15.4. The van der Waals surface area contributed by atoms with Crippen molar-refractivity contribution in [1.29, 1.82) is 0 Å². The number of nitrogens with two attached hydrogens (primary N) is 1. The molecule has 27 heavy (non-hydrogen) atoms. The van der Waals surface area contributed by atoms with E-state index in [1.165, 1.54) is 5.56 Å². The molecule has 2 aromatic rings. The number of benzene rings is 2. The smallest absolute Gasteiger partial charge is 0.255 e. The van der Waals surface area contributed by atoms with Crippen LogP contribution in [0.25, 0.3) is 0 Å². The van der Waals surface area contributed by atoms with Crippen molar-refractivity contribution in [1.82, 2.24) is 4.90 Å². The van der Waals surface area contributed by atoms with E-state index < -0.39 is 0 Å². The summed E-state index contributed by atoms with van der Waals surface area (Å²) in [4.78, 5) is 16.0. The van der Waals surface area contributed by atoms with Crippen LogP contribution in [0.2, 0.25) is 0 Å². The SMILES string of the molecule is CCC(Cc1ccc(OCCN2CSc3ccccc3C2=O)cc1)C(N)=S. The number of hydrogen-bond donors (Lipinski definition) is 1. The summed E-state index contributed by atoms with van der Waals surface area (Å²) < 4.78 is 5.83. The molecule has 0 saturated carbocycles. The number of rotatable bonds is 8. The quantitative estimate of drug-likeness (QED) is 0.676. The Morgan fingerprint density at radius 3 is 2.70 bits per heavy atom. The first kappa shape index (κ1) is 19.7. The highest BCUT2D eigenvalue weighted by molar-refractivity contribution is 7.99. The number of hydrogen-bond acceptors (Lipinski definition) is 4. The average molecular weight is 401 g/mol. The van der Waals surface area contributed by atoms with Gasteiger partial charge in [0, 0.05) is 10.8 Å². The van der Waals surface area contributed by atoms with Crippen LogP contribution in [-0.2, 0) is 6.42 Å². The number of ether oxygens (including phenoxy) is 1. The van der Waals surface area contributed by atoms with Crippen LogP contribution >= 0.6 is 24.0 Å². The van der Waals surface area contributed by atoms with Gasteiger partial charge in [0.2, 0.25) is 0 Å². The van der Waals surface area contributed by atoms with Crippen LogP contribution in [0.4, 0.5) is 0 Å². The standard InChI is InChI=1S/C21H24N2O2S2/c1-2-16(20(22)26)13-15-7-9-17(10-8-15)25-12-11-23-14-27-19-6-4-3-5-18(19)21(23)24/h3-10,16H,2,11-14H2,1H3,(H2,22,26). The topological polar surface area (TPSA) is 55.6 Å². The Bertz CT molecular complexity index is 808. The van der Waals surface area contributed by atoms with Gasteiger partial charge in [-0.3, -0.25) is 4.79 Å². The highest BCUT2D eigenvalue weighted by Crippen LogP contribution is 2.29. The number of thiocarbonyl (C=S) groups is 1. The molecule has 1 heterocycles. The lowest BCUT2D eigenvalue weighted by molar-refractivity contribution is 0.0755. The Balaban J connectivity index is 1.50. The van der Waals surface area contributed by atoms with E-state index in [0.717, 1.165) is 29.1 Å². The molecule has 1 atom stereocenters. The normalized spacial score (nSPS) is 14.6. The van der Waals surface area contributed by atoms with Crippen molar-refractivity contribution < 1.29 is 9.53 Å². The lowest BCUT2D eigenvalue weighted by atomic mass is 9.97. The molecule has 1 unspecified atom stereocenters. The van der Waals surface area contributed by atoms with E-state index in [0.29, 0.717) is 24.0 Å². The fraction of sp³-hybridized carbons (Fsp3) is 0.333. The molecular weight excluding hydrogens is 376 g/mol. The highest BCUT2D eigenvalue weighted by Gasteiger charge is 2.24. The summed E-state index contributed by atoms with van der Waals surface area (Å²) in [6, 6.07) is 15.8. The molecule has 142 valence electrons. The molecule has 0 aromatic heterocycles. The minimum atomic E-state index is 0.0756. The fourth-order valence-electron chi connectivity index (χ4n) is 3.04. The van der Waals surface area contributed by atoms with Crippen LogP contribution in [-0.4, -0.2) is 34.8 Å². The minimum Gasteiger partial charge on any atom is -0.492 e. The molecule has 0 aliphatic carbocycles. The molecule has 2 N–H and O–H groups in total. The van der Waals surface area contributed by atoms with Crippen molar-refractivity contribution in [2.24, 2.45) is 11.7 Å². The lowest BCUT2D eigenvalue weighted by Crippen LogP contribution is -2.37. The predicted molar refractivity (Wildman–Crippen MR) is 114 cm³/mol. The maximum atomic E-state index is 12.5. The molecule has 1 aliphatic heterocycles. The summed E-state index contributed by atoms with van der Waals surface area (Å²) >= 11 is 6.80. The van der Waals surface area contributed by atoms with E-state index in [2.05, 4.69) is 19.1 Å². The Hall–Kier alpha value is -2.05. The Morgan fingerprint density at radius 1 is 1.26 bits per heavy atom. The molecule has 2 aromatic carbocycles. The van der Waals surface area contributed by atoms with Gasteiger partial charge in [0.05, 0.1) is 23.0 Å². The first-order valence-electron chi connectivity index (χ1n) is 9.10. The first-order chi connectivity index (χ1) is 13.1. The molecule has 0 spiro atoms. The van der Waals surface area contributed by atoms with Gasteiger partial charge in [-0.15, -0.1) is 11.8 Å². The summed E-state index contributed by atoms with van der Waals surface area (Å²) in [6.45, 7) is 3.14. The Morgan fingerprint density at radius 2 is 2.00 bits per heavy atom. The van der Waals surface area contributed by atoms with Crippen LogP contribution in [0.3, 0.4) is 0 Å². The average Bonchev–Trinajstić information content (AvgIpc) is 2.69. The van der Waals surface area contributed by atoms with Crippen molar-refractivity contribution in [2.45, 2.75) is 24.7 Å². The summed E-state index contributed by atoms with van der Waals surface area (Å²) in [5.41, 5.74) is 7.75. The monoisotopic (exact) mass is 400 g/mol. The number of thioether (sulfide) groups is 1. The van der Waals surface area contributed by atoms with Crippen LogP contribution in [0.1, 0.15) is 29.3 Å². The molecule has 4 nitrogen and oxygen atoms in total. The van der Waals surface area contributed by atoms with E-state index in [9.17, 15) is 4.79 Å². The second-order valence-corrected chi connectivity index (χ2v) is 8.00. The molecule has 0 fully saturated rings. The van der Waals surface area contributed by atoms with Gasteiger partial charge in [0.1, 0.15) is 12.4 Å². The third-order valence-corrected chi connectivity index (χ3v) is 6.15. The molecule has 0 saturated heterocycles. The van der Waals surface area contributed by atoms with Crippen LogP contribution in [0.15, 0.2) is 53.4 Å². The fourth-order valence-corrected chi connectivity index (χ4v) is 4.31. The number of carbonyl (C=O) groups is 1. The van der Waals surface area contributed by atoms with Gasteiger partial charge in [-0.2, -0.15) is 0 Å². The maximum absolute atomic E-state index is 12.5. The Labute approximate surface area is 170 Å². The van der Waals surface area contributed by atoms with Gasteiger partial charge >= 0.3 is 0 Å². The van der Waals surface area contributed by atoms with E-state index >= 15 is 0 Å². The summed E-state index contributed by atoms with van der Waals surface area (Å²) in [5.74, 6) is 1.78. The molecule has 0 radical (unpaired) electrons. The number of amides is 1. The van der Waals surface area contributed by atoms with E-state index in [1.807, 2.05) is 41.3 Å². The molecule has 0 bridgehead atoms. The van der Waals surface area contributed by atoms with Crippen LogP contribution in [0.5, 0.6) is 5.75 Å². The molecular formula is C21H24N2O2S2. The second-order valence-electron chi connectivity index (χ2n) is 6.54. The number of carbonyl (C=O) groups excluding carboxylic acids is 1. The van der Waals surface area contributed by atoms with E-state index in [-0.39, 0.29) is 11.8 Å². The van der Waals surface area contributed by atoms with Crippen molar-refractivity contribution in [3.05, 3.63) is 59.7 Å². The van der Waals surface area contributed by atoms with Gasteiger partial charge in [-0.25, -0.2) is 0 Å². The Kier molecular flexibility index (Phi) is 6.74. The molecule has 6 heteroatoms. The summed E-state index contributed by atoms with van der Waals surface area (Å²) in [5, 5.41) is 0. The maximum Gasteiger partial charge on any atom is 0.255 e.